The van der Waals surface area contributed by atoms with Gasteiger partial charge in [0.15, 0.2) is 9.84 Å². The van der Waals surface area contributed by atoms with Gasteiger partial charge in [-0.15, -0.1) is 0 Å². The first-order valence-corrected chi connectivity index (χ1v) is 8.92. The maximum atomic E-state index is 12.3. The van der Waals surface area contributed by atoms with Crippen LogP contribution >= 0.6 is 0 Å². The van der Waals surface area contributed by atoms with Crippen molar-refractivity contribution in [2.45, 2.75) is 57.0 Å². The van der Waals surface area contributed by atoms with Crippen LogP contribution in [0.1, 0.15) is 45.4 Å². The van der Waals surface area contributed by atoms with Gasteiger partial charge in [0.1, 0.15) is 0 Å². The molecule has 1 aliphatic carbocycles. The number of amides is 1. The molecule has 5 nitrogen and oxygen atoms in total. The average molecular weight is 288 g/mol. The molecule has 0 spiro atoms. The molecule has 19 heavy (non-hydrogen) atoms. The maximum absolute atomic E-state index is 12.3. The number of sulfone groups is 1. The molecule has 0 radical (unpaired) electrons. The fourth-order valence-corrected chi connectivity index (χ4v) is 4.76. The molecule has 2 rings (SSSR count). The van der Waals surface area contributed by atoms with Crippen LogP contribution in [0.4, 0.5) is 0 Å². The Labute approximate surface area is 115 Å². The third kappa shape index (κ3) is 3.69. The molecule has 1 aliphatic heterocycles. The lowest BCUT2D eigenvalue weighted by atomic mass is 9.80. The topological polar surface area (TPSA) is 80.5 Å². The van der Waals surface area contributed by atoms with Gasteiger partial charge in [-0.1, -0.05) is 19.3 Å². The van der Waals surface area contributed by atoms with Gasteiger partial charge in [0.05, 0.1) is 11.5 Å². The van der Waals surface area contributed by atoms with Crippen molar-refractivity contribution in [3.63, 3.8) is 0 Å². The van der Waals surface area contributed by atoms with Crippen molar-refractivity contribution in [2.75, 3.05) is 18.1 Å². The molecule has 6 heteroatoms. The van der Waals surface area contributed by atoms with Crippen molar-refractivity contribution < 1.29 is 13.2 Å². The largest absolute Gasteiger partial charge is 0.338 e. The van der Waals surface area contributed by atoms with Crippen LogP contribution in [0.5, 0.6) is 0 Å². The van der Waals surface area contributed by atoms with E-state index in [9.17, 15) is 13.2 Å². The van der Waals surface area contributed by atoms with Crippen LogP contribution in [0, 0.1) is 0 Å². The second-order valence-electron chi connectivity index (χ2n) is 6.15. The van der Waals surface area contributed by atoms with Gasteiger partial charge < -0.3 is 10.6 Å². The SMILES string of the molecule is CC1CS(=O)(=O)CCN1C(=O)CC1(N)CCCCC1. The second kappa shape index (κ2) is 5.40. The van der Waals surface area contributed by atoms with Gasteiger partial charge in [-0.25, -0.2) is 8.42 Å². The van der Waals surface area contributed by atoms with Crippen molar-refractivity contribution in [1.82, 2.24) is 4.90 Å². The van der Waals surface area contributed by atoms with Crippen LogP contribution in [-0.4, -0.2) is 48.9 Å². The normalized spacial score (nSPS) is 30.0. The number of rotatable bonds is 2. The average Bonchev–Trinajstić information content (AvgIpc) is 2.27. The Balaban J connectivity index is 1.96. The highest BCUT2D eigenvalue weighted by atomic mass is 32.2. The fourth-order valence-electron chi connectivity index (χ4n) is 3.20. The smallest absolute Gasteiger partial charge is 0.224 e. The highest BCUT2D eigenvalue weighted by Crippen LogP contribution is 2.29. The Morgan fingerprint density at radius 1 is 1.32 bits per heavy atom. The zero-order chi connectivity index (χ0) is 14.1. The van der Waals surface area contributed by atoms with Gasteiger partial charge in [0.2, 0.25) is 5.91 Å². The Morgan fingerprint density at radius 2 is 1.95 bits per heavy atom. The molecule has 0 aromatic heterocycles. The molecule has 110 valence electrons. The molecule has 2 N–H and O–H groups in total. The first-order chi connectivity index (χ1) is 8.81. The lowest BCUT2D eigenvalue weighted by Gasteiger charge is -2.38. The standard InChI is InChI=1S/C13H24N2O3S/c1-11-10-19(17,18)8-7-15(11)12(16)9-13(14)5-3-2-4-6-13/h11H,2-10,14H2,1H3. The van der Waals surface area contributed by atoms with Gasteiger partial charge >= 0.3 is 0 Å². The van der Waals surface area contributed by atoms with Gasteiger partial charge in [0.25, 0.3) is 0 Å². The first-order valence-electron chi connectivity index (χ1n) is 7.10. The molecule has 0 bridgehead atoms. The molecule has 1 atom stereocenters. The Bertz CT molecular complexity index is 441. The predicted molar refractivity (Wildman–Crippen MR) is 74.4 cm³/mol. The molecular formula is C13H24N2O3S. The summed E-state index contributed by atoms with van der Waals surface area (Å²) in [5, 5.41) is 0. The molecule has 0 aromatic rings. The van der Waals surface area contributed by atoms with E-state index < -0.39 is 9.84 Å². The third-order valence-electron chi connectivity index (χ3n) is 4.34. The van der Waals surface area contributed by atoms with E-state index in [1.807, 2.05) is 0 Å². The van der Waals surface area contributed by atoms with Crippen LogP contribution in [-0.2, 0) is 14.6 Å². The summed E-state index contributed by atoms with van der Waals surface area (Å²) in [4.78, 5) is 14.0. The predicted octanol–water partition coefficient (Wildman–Crippen LogP) is 0.684. The van der Waals surface area contributed by atoms with Crippen LogP contribution < -0.4 is 5.73 Å². The Morgan fingerprint density at radius 3 is 2.53 bits per heavy atom. The van der Waals surface area contributed by atoms with Gasteiger partial charge in [-0.3, -0.25) is 4.79 Å². The number of nitrogens with zero attached hydrogens (tertiary/aromatic N) is 1. The van der Waals surface area contributed by atoms with Crippen molar-refractivity contribution >= 4 is 15.7 Å². The highest BCUT2D eigenvalue weighted by Gasteiger charge is 2.36. The van der Waals surface area contributed by atoms with Crippen LogP contribution in [0.25, 0.3) is 0 Å². The Kier molecular flexibility index (Phi) is 4.20. The van der Waals surface area contributed by atoms with E-state index in [4.69, 9.17) is 5.73 Å². The van der Waals surface area contributed by atoms with Crippen LogP contribution in [0.15, 0.2) is 0 Å². The van der Waals surface area contributed by atoms with E-state index in [-0.39, 0.29) is 29.0 Å². The van der Waals surface area contributed by atoms with Gasteiger partial charge in [0, 0.05) is 24.5 Å². The van der Waals surface area contributed by atoms with E-state index in [1.54, 1.807) is 11.8 Å². The summed E-state index contributed by atoms with van der Waals surface area (Å²) in [6.45, 7) is 2.12. The van der Waals surface area contributed by atoms with Crippen molar-refractivity contribution in [2.24, 2.45) is 5.73 Å². The van der Waals surface area contributed by atoms with E-state index >= 15 is 0 Å². The summed E-state index contributed by atoms with van der Waals surface area (Å²) >= 11 is 0. The van der Waals surface area contributed by atoms with E-state index in [0.717, 1.165) is 25.7 Å². The second-order valence-corrected chi connectivity index (χ2v) is 8.38. The van der Waals surface area contributed by atoms with E-state index in [0.29, 0.717) is 13.0 Å². The quantitative estimate of drug-likeness (QED) is 0.810. The first kappa shape index (κ1) is 14.8. The van der Waals surface area contributed by atoms with Crippen molar-refractivity contribution in [1.29, 1.82) is 0 Å². The number of nitrogens with two attached hydrogens (primary N) is 1. The molecule has 0 aromatic carbocycles. The minimum absolute atomic E-state index is 0.0202. The maximum Gasteiger partial charge on any atom is 0.224 e. The lowest BCUT2D eigenvalue weighted by Crippen LogP contribution is -2.53. The molecule has 1 saturated carbocycles. The summed E-state index contributed by atoms with van der Waals surface area (Å²) in [5.41, 5.74) is 5.93. The van der Waals surface area contributed by atoms with Crippen LogP contribution in [0.2, 0.25) is 0 Å². The number of hydrogen-bond acceptors (Lipinski definition) is 4. The molecule has 1 heterocycles. The molecule has 2 fully saturated rings. The summed E-state index contributed by atoms with van der Waals surface area (Å²) in [6.07, 6.45) is 5.54. The minimum atomic E-state index is -2.97. The Hall–Kier alpha value is -0.620. The molecule has 1 saturated heterocycles. The monoisotopic (exact) mass is 288 g/mol. The fraction of sp³-hybridized carbons (Fsp3) is 0.923. The summed E-state index contributed by atoms with van der Waals surface area (Å²) < 4.78 is 23.0. The summed E-state index contributed by atoms with van der Waals surface area (Å²) in [5.74, 6) is 0.184. The summed E-state index contributed by atoms with van der Waals surface area (Å²) in [7, 11) is -2.97. The number of carbonyl (C=O) groups is 1. The van der Waals surface area contributed by atoms with Gasteiger partial charge in [-0.2, -0.15) is 0 Å². The minimum Gasteiger partial charge on any atom is -0.338 e. The molecule has 1 unspecified atom stereocenters. The summed E-state index contributed by atoms with van der Waals surface area (Å²) in [6, 6.07) is -0.224. The zero-order valence-corrected chi connectivity index (χ0v) is 12.4. The highest BCUT2D eigenvalue weighted by molar-refractivity contribution is 7.91. The van der Waals surface area contributed by atoms with Crippen molar-refractivity contribution in [3.05, 3.63) is 0 Å². The zero-order valence-electron chi connectivity index (χ0n) is 11.6. The molecular weight excluding hydrogens is 264 g/mol. The molecule has 2 aliphatic rings. The van der Waals surface area contributed by atoms with E-state index in [2.05, 4.69) is 0 Å². The lowest BCUT2D eigenvalue weighted by molar-refractivity contribution is -0.134. The van der Waals surface area contributed by atoms with Crippen molar-refractivity contribution in [3.8, 4) is 0 Å². The molecule has 1 amide bonds. The van der Waals surface area contributed by atoms with Gasteiger partial charge in [-0.05, 0) is 19.8 Å². The number of hydrogen-bond donors (Lipinski definition) is 1. The van der Waals surface area contributed by atoms with E-state index in [1.165, 1.54) is 6.42 Å². The van der Waals surface area contributed by atoms with Crippen LogP contribution in [0.3, 0.4) is 0 Å². The third-order valence-corrected chi connectivity index (χ3v) is 6.14. The number of carbonyl (C=O) groups excluding carboxylic acids is 1.